The number of β-lactam (4-membered cyclic amide) rings is 1. The lowest BCUT2D eigenvalue weighted by molar-refractivity contribution is -0.576. The van der Waals surface area contributed by atoms with Crippen molar-refractivity contribution < 1.29 is 33.9 Å². The van der Waals surface area contributed by atoms with Gasteiger partial charge in [0.25, 0.3) is 0 Å². The fraction of sp³-hybridized carbons (Fsp3) is 0.296. The Labute approximate surface area is 219 Å². The number of aliphatic hydroxyl groups excluding tert-OH is 1. The van der Waals surface area contributed by atoms with E-state index in [1.807, 2.05) is 30.3 Å². The number of nitrogens with one attached hydrogen (secondary N) is 1. The van der Waals surface area contributed by atoms with Crippen LogP contribution in [0.3, 0.4) is 0 Å². The predicted molar refractivity (Wildman–Crippen MR) is 137 cm³/mol. The van der Waals surface area contributed by atoms with E-state index < -0.39 is 53.2 Å². The van der Waals surface area contributed by atoms with E-state index in [9.17, 15) is 29.6 Å². The third-order valence-corrected chi connectivity index (χ3v) is 5.89. The van der Waals surface area contributed by atoms with Crippen LogP contribution in [0.5, 0.6) is 0 Å². The summed E-state index contributed by atoms with van der Waals surface area (Å²) in [5.74, 6) is -2.31. The van der Waals surface area contributed by atoms with Crippen molar-refractivity contribution in [3.05, 3.63) is 99.8 Å². The van der Waals surface area contributed by atoms with Gasteiger partial charge in [0.1, 0.15) is 6.04 Å². The standard InChI is InChI=1S/C27H29N3O8/c1-17(16-22(32)37-3)28-23-21(15-14-19-10-6-4-7-11-19)29(25(23)33)24(18(2)31)27(34)38-26(30(35)36)20-12-8-5-9-13-20/h4-16,18,21,23-24,26,28,31H,1-3H3/t18?,21-,23+,24?,26?/m0/s1. The van der Waals surface area contributed by atoms with Crippen molar-refractivity contribution in [3.63, 3.8) is 0 Å². The Bertz CT molecular complexity index is 1210. The molecule has 0 bridgehead atoms. The molecule has 2 N–H and O–H groups in total. The average molecular weight is 524 g/mol. The highest BCUT2D eigenvalue weighted by Gasteiger charge is 2.53. The van der Waals surface area contributed by atoms with Crippen LogP contribution in [0.15, 0.2) is 78.5 Å². The number of esters is 2. The van der Waals surface area contributed by atoms with Gasteiger partial charge < -0.3 is 24.8 Å². The van der Waals surface area contributed by atoms with Gasteiger partial charge in [0, 0.05) is 11.8 Å². The number of carbonyl (C=O) groups excluding carboxylic acids is 3. The molecule has 2 aromatic carbocycles. The van der Waals surface area contributed by atoms with Crippen LogP contribution in [0.2, 0.25) is 0 Å². The zero-order chi connectivity index (χ0) is 27.8. The Morgan fingerprint density at radius 3 is 2.29 bits per heavy atom. The lowest BCUT2D eigenvalue weighted by Crippen LogP contribution is -2.74. The Hall–Kier alpha value is -4.51. The number of methoxy groups -OCH3 is 1. The molecule has 5 atom stereocenters. The Morgan fingerprint density at radius 2 is 1.74 bits per heavy atom. The molecule has 0 radical (unpaired) electrons. The molecule has 200 valence electrons. The molecule has 38 heavy (non-hydrogen) atoms. The van der Waals surface area contributed by atoms with E-state index in [0.717, 1.165) is 10.5 Å². The molecular formula is C27H29N3O8. The summed E-state index contributed by atoms with van der Waals surface area (Å²) in [4.78, 5) is 50.1. The summed E-state index contributed by atoms with van der Waals surface area (Å²) in [6.45, 7) is 2.87. The number of nitro groups is 1. The Kier molecular flexibility index (Phi) is 9.33. The Balaban J connectivity index is 1.91. The van der Waals surface area contributed by atoms with Crippen molar-refractivity contribution in [2.24, 2.45) is 0 Å². The minimum absolute atomic E-state index is 0.133. The number of ether oxygens (including phenoxy) is 2. The number of amides is 1. The third kappa shape index (κ3) is 6.62. The predicted octanol–water partition coefficient (Wildman–Crippen LogP) is 2.21. The smallest absolute Gasteiger partial charge is 0.382 e. The second-order valence-corrected chi connectivity index (χ2v) is 8.65. The fourth-order valence-electron chi connectivity index (χ4n) is 4.08. The highest BCUT2D eigenvalue weighted by Crippen LogP contribution is 2.30. The number of hydrogen-bond donors (Lipinski definition) is 2. The monoisotopic (exact) mass is 523 g/mol. The summed E-state index contributed by atoms with van der Waals surface area (Å²) in [5.41, 5.74) is 1.30. The highest BCUT2D eigenvalue weighted by atomic mass is 16.7. The lowest BCUT2D eigenvalue weighted by atomic mass is 9.89. The van der Waals surface area contributed by atoms with Crippen LogP contribution in [0, 0.1) is 10.1 Å². The van der Waals surface area contributed by atoms with Crippen molar-refractivity contribution >= 4 is 23.9 Å². The molecular weight excluding hydrogens is 494 g/mol. The van der Waals surface area contributed by atoms with E-state index in [1.54, 1.807) is 37.3 Å². The van der Waals surface area contributed by atoms with Crippen LogP contribution < -0.4 is 5.32 Å². The van der Waals surface area contributed by atoms with E-state index >= 15 is 0 Å². The number of carbonyl (C=O) groups is 3. The van der Waals surface area contributed by atoms with Gasteiger partial charge in [-0.1, -0.05) is 60.7 Å². The van der Waals surface area contributed by atoms with Gasteiger partial charge in [0.15, 0.2) is 6.04 Å². The van der Waals surface area contributed by atoms with Crippen molar-refractivity contribution in [1.29, 1.82) is 0 Å². The topological polar surface area (TPSA) is 148 Å². The number of allylic oxidation sites excluding steroid dienone is 1. The largest absolute Gasteiger partial charge is 0.466 e. The van der Waals surface area contributed by atoms with Crippen LogP contribution in [0.4, 0.5) is 0 Å². The van der Waals surface area contributed by atoms with E-state index in [2.05, 4.69) is 10.1 Å². The van der Waals surface area contributed by atoms with E-state index in [0.29, 0.717) is 5.70 Å². The first-order valence-electron chi connectivity index (χ1n) is 11.8. The van der Waals surface area contributed by atoms with Gasteiger partial charge in [0.2, 0.25) is 5.91 Å². The first-order chi connectivity index (χ1) is 18.1. The Morgan fingerprint density at radius 1 is 1.13 bits per heavy atom. The molecule has 2 aromatic rings. The maximum Gasteiger partial charge on any atom is 0.382 e. The number of rotatable bonds is 11. The van der Waals surface area contributed by atoms with E-state index in [4.69, 9.17) is 4.74 Å². The van der Waals surface area contributed by atoms with E-state index in [1.165, 1.54) is 32.2 Å². The normalized spacial score (nSPS) is 19.7. The number of hydrogen-bond acceptors (Lipinski definition) is 9. The highest BCUT2D eigenvalue weighted by molar-refractivity contribution is 5.95. The van der Waals surface area contributed by atoms with Gasteiger partial charge in [-0.2, -0.15) is 0 Å². The molecule has 1 heterocycles. The molecule has 0 spiro atoms. The van der Waals surface area contributed by atoms with E-state index in [-0.39, 0.29) is 5.56 Å². The van der Waals surface area contributed by atoms with Gasteiger partial charge in [0.05, 0.1) is 29.7 Å². The summed E-state index contributed by atoms with van der Waals surface area (Å²) < 4.78 is 9.83. The maximum atomic E-state index is 13.2. The summed E-state index contributed by atoms with van der Waals surface area (Å²) in [5, 5.41) is 25.1. The first kappa shape index (κ1) is 28.1. The van der Waals surface area contributed by atoms with Crippen molar-refractivity contribution in [3.8, 4) is 0 Å². The molecule has 11 heteroatoms. The van der Waals surface area contributed by atoms with Crippen LogP contribution in [-0.4, -0.2) is 64.1 Å². The molecule has 0 aromatic heterocycles. The summed E-state index contributed by atoms with van der Waals surface area (Å²) in [6.07, 6.45) is 1.36. The molecule has 1 aliphatic rings. The van der Waals surface area contributed by atoms with Crippen molar-refractivity contribution in [2.75, 3.05) is 7.11 Å². The lowest BCUT2D eigenvalue weighted by Gasteiger charge is -2.50. The zero-order valence-electron chi connectivity index (χ0n) is 21.1. The molecule has 1 amide bonds. The van der Waals surface area contributed by atoms with Gasteiger partial charge in [-0.05, 0) is 31.5 Å². The van der Waals surface area contributed by atoms with Gasteiger partial charge in [-0.3, -0.25) is 14.9 Å². The molecule has 1 fully saturated rings. The van der Waals surface area contributed by atoms with Crippen molar-refractivity contribution in [2.45, 2.75) is 44.3 Å². The van der Waals surface area contributed by atoms with Crippen LogP contribution >= 0.6 is 0 Å². The first-order valence-corrected chi connectivity index (χ1v) is 11.8. The number of aliphatic hydroxyl groups is 1. The summed E-state index contributed by atoms with van der Waals surface area (Å²) in [6, 6.07) is 13.7. The minimum atomic E-state index is -1.82. The third-order valence-electron chi connectivity index (χ3n) is 5.89. The SMILES string of the molecule is COC(=O)C=C(C)N[C@H]1C(=O)N(C(C(=O)OC(c2ccccc2)[N+](=O)[O-])C(C)O)[C@H]1C=Cc1ccccc1. The van der Waals surface area contributed by atoms with Gasteiger partial charge in [-0.25, -0.2) is 9.59 Å². The molecule has 0 saturated carbocycles. The van der Waals surface area contributed by atoms with Gasteiger partial charge >= 0.3 is 18.2 Å². The molecule has 3 rings (SSSR count). The number of likely N-dealkylation sites (tertiary alicyclic amines) is 1. The number of benzene rings is 2. The maximum absolute atomic E-state index is 13.2. The quantitative estimate of drug-likeness (QED) is 0.113. The fourth-order valence-corrected chi connectivity index (χ4v) is 4.08. The molecule has 11 nitrogen and oxygen atoms in total. The van der Waals surface area contributed by atoms with Gasteiger partial charge in [-0.15, -0.1) is 0 Å². The summed E-state index contributed by atoms with van der Waals surface area (Å²) in [7, 11) is 1.22. The second kappa shape index (κ2) is 12.6. The van der Waals surface area contributed by atoms with Crippen LogP contribution in [0.25, 0.3) is 6.08 Å². The molecule has 0 aliphatic carbocycles. The summed E-state index contributed by atoms with van der Waals surface area (Å²) >= 11 is 0. The van der Waals surface area contributed by atoms with Crippen LogP contribution in [-0.2, 0) is 23.9 Å². The molecule has 1 saturated heterocycles. The zero-order valence-corrected chi connectivity index (χ0v) is 21.1. The second-order valence-electron chi connectivity index (χ2n) is 8.65. The molecule has 1 aliphatic heterocycles. The number of nitrogens with zero attached hydrogens (tertiary/aromatic N) is 2. The van der Waals surface area contributed by atoms with Crippen molar-refractivity contribution in [1.82, 2.24) is 10.2 Å². The minimum Gasteiger partial charge on any atom is -0.466 e. The molecule has 3 unspecified atom stereocenters. The average Bonchev–Trinajstić information content (AvgIpc) is 2.90. The van der Waals surface area contributed by atoms with Crippen LogP contribution in [0.1, 0.15) is 31.2 Å².